The Labute approximate surface area is 117 Å². The maximum Gasteiger partial charge on any atom is 0.321 e. The van der Waals surface area contributed by atoms with Gasteiger partial charge in [0.05, 0.1) is 13.2 Å². The molecule has 1 saturated heterocycles. The minimum Gasteiger partial charge on any atom is -0.379 e. The lowest BCUT2D eigenvalue weighted by Gasteiger charge is -2.26. The quantitative estimate of drug-likeness (QED) is 0.800. The van der Waals surface area contributed by atoms with Gasteiger partial charge >= 0.3 is 6.03 Å². The molecular formula is C12H20N4O2S. The van der Waals surface area contributed by atoms with Crippen molar-refractivity contribution in [3.05, 3.63) is 11.1 Å². The van der Waals surface area contributed by atoms with Gasteiger partial charge in [-0.05, 0) is 19.9 Å². The second-order valence-electron chi connectivity index (χ2n) is 4.46. The molecule has 0 radical (unpaired) electrons. The zero-order valence-corrected chi connectivity index (χ0v) is 12.0. The highest BCUT2D eigenvalue weighted by atomic mass is 32.1. The second kappa shape index (κ2) is 7.42. The van der Waals surface area contributed by atoms with Crippen molar-refractivity contribution in [1.29, 1.82) is 0 Å². The van der Waals surface area contributed by atoms with Crippen molar-refractivity contribution >= 4 is 22.5 Å². The topological polar surface area (TPSA) is 66.5 Å². The Hall–Kier alpha value is -1.18. The first-order chi connectivity index (χ1) is 9.24. The molecule has 2 amide bonds. The molecule has 0 unspecified atom stereocenters. The zero-order chi connectivity index (χ0) is 13.5. The third kappa shape index (κ3) is 5.14. The standard InChI is InChI=1S/C12H20N4O2S/c1-10-9-14-12(19-10)15-11(17)13-3-2-4-16-5-7-18-8-6-16/h9H,2-8H2,1H3,(H2,13,14,15,17). The van der Waals surface area contributed by atoms with Crippen molar-refractivity contribution in [1.82, 2.24) is 15.2 Å². The van der Waals surface area contributed by atoms with Crippen molar-refractivity contribution in [3.8, 4) is 0 Å². The molecule has 0 aromatic carbocycles. The van der Waals surface area contributed by atoms with Crippen LogP contribution in [0.4, 0.5) is 9.93 Å². The van der Waals surface area contributed by atoms with E-state index in [-0.39, 0.29) is 6.03 Å². The fourth-order valence-electron chi connectivity index (χ4n) is 1.88. The van der Waals surface area contributed by atoms with Gasteiger partial charge in [-0.15, -0.1) is 11.3 Å². The lowest BCUT2D eigenvalue weighted by molar-refractivity contribution is 0.0375. The molecule has 7 heteroatoms. The molecule has 1 aliphatic heterocycles. The van der Waals surface area contributed by atoms with Crippen LogP contribution < -0.4 is 10.6 Å². The summed E-state index contributed by atoms with van der Waals surface area (Å²) in [7, 11) is 0. The van der Waals surface area contributed by atoms with E-state index in [1.54, 1.807) is 6.20 Å². The summed E-state index contributed by atoms with van der Waals surface area (Å²) < 4.78 is 5.29. The summed E-state index contributed by atoms with van der Waals surface area (Å²) in [6.45, 7) is 7.25. The van der Waals surface area contributed by atoms with E-state index >= 15 is 0 Å². The van der Waals surface area contributed by atoms with E-state index in [9.17, 15) is 4.79 Å². The van der Waals surface area contributed by atoms with Gasteiger partial charge in [-0.3, -0.25) is 10.2 Å². The van der Waals surface area contributed by atoms with Crippen molar-refractivity contribution in [3.63, 3.8) is 0 Å². The lowest BCUT2D eigenvalue weighted by Crippen LogP contribution is -2.38. The van der Waals surface area contributed by atoms with Crippen molar-refractivity contribution in [2.75, 3.05) is 44.7 Å². The number of rotatable bonds is 5. The van der Waals surface area contributed by atoms with Crippen molar-refractivity contribution < 1.29 is 9.53 Å². The number of hydrogen-bond acceptors (Lipinski definition) is 5. The number of hydrogen-bond donors (Lipinski definition) is 2. The Morgan fingerprint density at radius 1 is 1.53 bits per heavy atom. The van der Waals surface area contributed by atoms with Crippen LogP contribution >= 0.6 is 11.3 Å². The van der Waals surface area contributed by atoms with E-state index in [4.69, 9.17) is 4.74 Å². The highest BCUT2D eigenvalue weighted by molar-refractivity contribution is 7.15. The molecule has 2 N–H and O–H groups in total. The van der Waals surface area contributed by atoms with Crippen molar-refractivity contribution in [2.24, 2.45) is 0 Å². The molecule has 1 aromatic rings. The Morgan fingerprint density at radius 3 is 3.00 bits per heavy atom. The number of amides is 2. The van der Waals surface area contributed by atoms with Crippen LogP contribution in [0.5, 0.6) is 0 Å². The van der Waals surface area contributed by atoms with E-state index < -0.39 is 0 Å². The van der Waals surface area contributed by atoms with Gasteiger partial charge in [0, 0.05) is 30.7 Å². The summed E-state index contributed by atoms with van der Waals surface area (Å²) in [5.74, 6) is 0. The molecule has 0 bridgehead atoms. The van der Waals surface area contributed by atoms with Gasteiger partial charge in [-0.25, -0.2) is 9.78 Å². The summed E-state index contributed by atoms with van der Waals surface area (Å²) in [6, 6.07) is -0.184. The smallest absolute Gasteiger partial charge is 0.321 e. The Kier molecular flexibility index (Phi) is 5.56. The molecule has 1 fully saturated rings. The van der Waals surface area contributed by atoms with Crippen LogP contribution in [0.1, 0.15) is 11.3 Å². The molecular weight excluding hydrogens is 264 g/mol. The summed E-state index contributed by atoms with van der Waals surface area (Å²) in [5, 5.41) is 6.21. The predicted octanol–water partition coefficient (Wildman–Crippen LogP) is 1.30. The lowest BCUT2D eigenvalue weighted by atomic mass is 10.3. The highest BCUT2D eigenvalue weighted by Crippen LogP contribution is 2.15. The van der Waals surface area contributed by atoms with Gasteiger partial charge in [0.25, 0.3) is 0 Å². The average molecular weight is 284 g/mol. The number of urea groups is 1. The number of nitrogens with one attached hydrogen (secondary N) is 2. The van der Waals surface area contributed by atoms with E-state index in [2.05, 4.69) is 20.5 Å². The second-order valence-corrected chi connectivity index (χ2v) is 5.70. The van der Waals surface area contributed by atoms with Crippen LogP contribution in [0.2, 0.25) is 0 Å². The van der Waals surface area contributed by atoms with Crippen LogP contribution in [0.25, 0.3) is 0 Å². The van der Waals surface area contributed by atoms with Crippen LogP contribution in [0.15, 0.2) is 6.20 Å². The van der Waals surface area contributed by atoms with Gasteiger partial charge in [0.1, 0.15) is 0 Å². The van der Waals surface area contributed by atoms with Crippen molar-refractivity contribution in [2.45, 2.75) is 13.3 Å². The number of aromatic nitrogens is 1. The summed E-state index contributed by atoms with van der Waals surface area (Å²) in [4.78, 5) is 19.1. The number of morpholine rings is 1. The van der Waals surface area contributed by atoms with E-state index in [1.165, 1.54) is 11.3 Å². The number of anilines is 1. The monoisotopic (exact) mass is 284 g/mol. The number of aryl methyl sites for hydroxylation is 1. The van der Waals surface area contributed by atoms with E-state index in [0.29, 0.717) is 11.7 Å². The van der Waals surface area contributed by atoms with Gasteiger partial charge in [-0.2, -0.15) is 0 Å². The highest BCUT2D eigenvalue weighted by Gasteiger charge is 2.09. The average Bonchev–Trinajstić information content (AvgIpc) is 2.81. The maximum atomic E-state index is 11.6. The molecule has 19 heavy (non-hydrogen) atoms. The molecule has 0 aliphatic carbocycles. The molecule has 0 saturated carbocycles. The Morgan fingerprint density at radius 2 is 2.32 bits per heavy atom. The first-order valence-electron chi connectivity index (χ1n) is 6.51. The van der Waals surface area contributed by atoms with E-state index in [0.717, 1.165) is 44.1 Å². The van der Waals surface area contributed by atoms with Gasteiger partial charge in [0.15, 0.2) is 5.13 Å². The van der Waals surface area contributed by atoms with Gasteiger partial charge in [-0.1, -0.05) is 0 Å². The largest absolute Gasteiger partial charge is 0.379 e. The number of nitrogens with zero attached hydrogens (tertiary/aromatic N) is 2. The number of carbonyl (C=O) groups is 1. The molecule has 1 aliphatic rings. The van der Waals surface area contributed by atoms with E-state index in [1.807, 2.05) is 6.92 Å². The maximum absolute atomic E-state index is 11.6. The minimum absolute atomic E-state index is 0.184. The summed E-state index contributed by atoms with van der Waals surface area (Å²) in [5.41, 5.74) is 0. The van der Waals surface area contributed by atoms with Crippen LogP contribution in [-0.2, 0) is 4.74 Å². The van der Waals surface area contributed by atoms with Gasteiger partial charge in [0.2, 0.25) is 0 Å². The fourth-order valence-corrected chi connectivity index (χ4v) is 2.54. The van der Waals surface area contributed by atoms with Gasteiger partial charge < -0.3 is 10.1 Å². The zero-order valence-electron chi connectivity index (χ0n) is 11.1. The molecule has 2 rings (SSSR count). The third-order valence-electron chi connectivity index (χ3n) is 2.88. The third-order valence-corrected chi connectivity index (χ3v) is 3.71. The first kappa shape index (κ1) is 14.2. The van der Waals surface area contributed by atoms with Crippen LogP contribution in [0.3, 0.4) is 0 Å². The number of ether oxygens (including phenoxy) is 1. The first-order valence-corrected chi connectivity index (χ1v) is 7.33. The molecule has 0 spiro atoms. The Bertz CT molecular complexity index is 404. The number of thiazole rings is 1. The molecule has 6 nitrogen and oxygen atoms in total. The number of carbonyl (C=O) groups excluding carboxylic acids is 1. The predicted molar refractivity (Wildman–Crippen MR) is 75.7 cm³/mol. The SMILES string of the molecule is Cc1cnc(NC(=O)NCCCN2CCOCC2)s1. The molecule has 106 valence electrons. The fraction of sp³-hybridized carbons (Fsp3) is 0.667. The summed E-state index contributed by atoms with van der Waals surface area (Å²) in [6.07, 6.45) is 2.70. The van der Waals surface area contributed by atoms with Crippen LogP contribution in [0, 0.1) is 6.92 Å². The normalized spacial score (nSPS) is 16.3. The Balaban J connectivity index is 1.56. The molecule has 1 aromatic heterocycles. The summed E-state index contributed by atoms with van der Waals surface area (Å²) >= 11 is 1.47. The molecule has 0 atom stereocenters. The molecule has 2 heterocycles. The van der Waals surface area contributed by atoms with Crippen LogP contribution in [-0.4, -0.2) is 55.3 Å². The minimum atomic E-state index is -0.184.